The van der Waals surface area contributed by atoms with Gasteiger partial charge in [0.1, 0.15) is 11.4 Å². The topological polar surface area (TPSA) is 49.9 Å². The Hall–Kier alpha value is -2.11. The summed E-state index contributed by atoms with van der Waals surface area (Å²) in [5, 5.41) is 0. The number of piperazine rings is 1. The Morgan fingerprint density at radius 2 is 1.75 bits per heavy atom. The second-order valence-corrected chi connectivity index (χ2v) is 9.00. The van der Waals surface area contributed by atoms with Crippen LogP contribution >= 0.6 is 0 Å². The van der Waals surface area contributed by atoms with Crippen LogP contribution in [-0.2, 0) is 9.53 Å². The van der Waals surface area contributed by atoms with Gasteiger partial charge in [-0.05, 0) is 69.6 Å². The van der Waals surface area contributed by atoms with Crippen LogP contribution in [0.5, 0.6) is 0 Å². The lowest BCUT2D eigenvalue weighted by Crippen LogP contribution is -2.51. The van der Waals surface area contributed by atoms with Crippen molar-refractivity contribution in [3.63, 3.8) is 0 Å². The fraction of sp³-hybridized carbons (Fsp3) is 0.636. The molecule has 0 aromatic heterocycles. The average molecular weight is 390 g/mol. The lowest BCUT2D eigenvalue weighted by molar-refractivity contribution is -0.133. The van der Waals surface area contributed by atoms with E-state index in [9.17, 15) is 14.0 Å². The largest absolute Gasteiger partial charge is 0.444 e. The zero-order chi connectivity index (χ0) is 20.5. The molecule has 1 aromatic rings. The van der Waals surface area contributed by atoms with Gasteiger partial charge >= 0.3 is 6.09 Å². The fourth-order valence-corrected chi connectivity index (χ4v) is 3.74. The molecule has 154 valence electrons. The molecule has 1 aliphatic carbocycles. The second kappa shape index (κ2) is 8.10. The number of ether oxygens (including phenoxy) is 1. The van der Waals surface area contributed by atoms with Crippen LogP contribution in [0.25, 0.3) is 0 Å². The first-order valence-corrected chi connectivity index (χ1v) is 10.2. The smallest absolute Gasteiger partial charge is 0.410 e. The Morgan fingerprint density at radius 3 is 2.29 bits per heavy atom. The van der Waals surface area contributed by atoms with Crippen molar-refractivity contribution < 1.29 is 18.7 Å². The predicted molar refractivity (Wildman–Crippen MR) is 106 cm³/mol. The van der Waals surface area contributed by atoms with Crippen LogP contribution in [0.2, 0.25) is 0 Å². The van der Waals surface area contributed by atoms with E-state index in [2.05, 4.69) is 0 Å². The number of nitrogens with zero attached hydrogens (tertiary/aromatic N) is 2. The van der Waals surface area contributed by atoms with Crippen LogP contribution in [-0.4, -0.2) is 53.6 Å². The van der Waals surface area contributed by atoms with E-state index in [-0.39, 0.29) is 23.7 Å². The van der Waals surface area contributed by atoms with Crippen LogP contribution in [0.15, 0.2) is 18.2 Å². The van der Waals surface area contributed by atoms with Crippen molar-refractivity contribution in [3.05, 3.63) is 35.1 Å². The van der Waals surface area contributed by atoms with E-state index in [0.717, 1.165) is 18.4 Å². The maximum atomic E-state index is 13.6. The van der Waals surface area contributed by atoms with Crippen LogP contribution in [0.1, 0.15) is 57.1 Å². The van der Waals surface area contributed by atoms with Crippen molar-refractivity contribution in [2.24, 2.45) is 5.92 Å². The van der Waals surface area contributed by atoms with E-state index < -0.39 is 5.60 Å². The fourth-order valence-electron chi connectivity index (χ4n) is 3.74. The third kappa shape index (κ3) is 5.24. The van der Waals surface area contributed by atoms with Gasteiger partial charge < -0.3 is 14.5 Å². The van der Waals surface area contributed by atoms with Crippen LogP contribution in [0.3, 0.4) is 0 Å². The molecule has 28 heavy (non-hydrogen) atoms. The first-order chi connectivity index (χ1) is 13.1. The van der Waals surface area contributed by atoms with Gasteiger partial charge in [-0.15, -0.1) is 0 Å². The molecule has 5 nitrogen and oxygen atoms in total. The molecule has 2 amide bonds. The van der Waals surface area contributed by atoms with Crippen LogP contribution in [0.4, 0.5) is 9.18 Å². The molecule has 0 spiro atoms. The highest BCUT2D eigenvalue weighted by Crippen LogP contribution is 2.45. The molecule has 1 aliphatic heterocycles. The Kier molecular flexibility index (Phi) is 5.96. The molecule has 0 radical (unpaired) electrons. The van der Waals surface area contributed by atoms with E-state index in [1.807, 2.05) is 37.8 Å². The predicted octanol–water partition coefficient (Wildman–Crippen LogP) is 4.10. The number of hydrogen-bond acceptors (Lipinski definition) is 3. The van der Waals surface area contributed by atoms with Crippen molar-refractivity contribution >= 4 is 12.0 Å². The third-order valence-corrected chi connectivity index (χ3v) is 5.48. The Labute approximate surface area is 166 Å². The van der Waals surface area contributed by atoms with Crippen LogP contribution in [0, 0.1) is 18.7 Å². The molecule has 0 bridgehead atoms. The summed E-state index contributed by atoms with van der Waals surface area (Å²) in [4.78, 5) is 28.6. The van der Waals surface area contributed by atoms with Crippen molar-refractivity contribution in [3.8, 4) is 0 Å². The van der Waals surface area contributed by atoms with E-state index in [0.29, 0.717) is 44.1 Å². The quantitative estimate of drug-likeness (QED) is 0.778. The number of halogens is 1. The average Bonchev–Trinajstić information content (AvgIpc) is 3.45. The second-order valence-electron chi connectivity index (χ2n) is 9.00. The molecule has 2 fully saturated rings. The van der Waals surface area contributed by atoms with Gasteiger partial charge in [0.2, 0.25) is 5.91 Å². The summed E-state index contributed by atoms with van der Waals surface area (Å²) in [7, 11) is 0. The lowest BCUT2D eigenvalue weighted by atomic mass is 9.89. The van der Waals surface area contributed by atoms with Gasteiger partial charge in [-0.2, -0.15) is 0 Å². The number of aryl methyl sites for hydroxylation is 1. The normalized spacial score (nSPS) is 18.8. The zero-order valence-electron chi connectivity index (χ0n) is 17.3. The molecule has 1 heterocycles. The number of benzene rings is 1. The SMILES string of the molecule is Cc1cc(C(CC(=O)N2CCN(C(=O)OC(C)(C)C)CC2)C2CC2)ccc1F. The molecular weight excluding hydrogens is 359 g/mol. The number of carbonyl (C=O) groups is 2. The summed E-state index contributed by atoms with van der Waals surface area (Å²) < 4.78 is 19.0. The van der Waals surface area contributed by atoms with E-state index in [1.54, 1.807) is 11.8 Å². The van der Waals surface area contributed by atoms with E-state index >= 15 is 0 Å². The maximum absolute atomic E-state index is 13.6. The maximum Gasteiger partial charge on any atom is 0.410 e. The summed E-state index contributed by atoms with van der Waals surface area (Å²) in [6, 6.07) is 5.20. The molecular formula is C22H31FN2O3. The Morgan fingerprint density at radius 1 is 1.14 bits per heavy atom. The van der Waals surface area contributed by atoms with Crippen molar-refractivity contribution in [1.29, 1.82) is 0 Å². The summed E-state index contributed by atoms with van der Waals surface area (Å²) in [6.07, 6.45) is 2.38. The molecule has 1 aromatic carbocycles. The third-order valence-electron chi connectivity index (χ3n) is 5.48. The van der Waals surface area contributed by atoms with Gasteiger partial charge in [-0.1, -0.05) is 12.1 Å². The van der Waals surface area contributed by atoms with Gasteiger partial charge in [0.05, 0.1) is 0 Å². The van der Waals surface area contributed by atoms with Gasteiger partial charge in [0.25, 0.3) is 0 Å². The minimum Gasteiger partial charge on any atom is -0.444 e. The Balaban J connectivity index is 1.57. The van der Waals surface area contributed by atoms with Crippen molar-refractivity contribution in [1.82, 2.24) is 9.80 Å². The number of rotatable bonds is 4. The van der Waals surface area contributed by atoms with Gasteiger partial charge in [-0.25, -0.2) is 9.18 Å². The molecule has 3 rings (SSSR count). The summed E-state index contributed by atoms with van der Waals surface area (Å²) in [6.45, 7) is 9.34. The molecule has 1 atom stereocenters. The highest BCUT2D eigenvalue weighted by Gasteiger charge is 2.36. The van der Waals surface area contributed by atoms with Crippen LogP contribution < -0.4 is 0 Å². The first kappa shape index (κ1) is 20.6. The number of carbonyl (C=O) groups excluding carboxylic acids is 2. The molecule has 1 saturated heterocycles. The summed E-state index contributed by atoms with van der Waals surface area (Å²) in [5.74, 6) is 0.568. The minimum atomic E-state index is -0.519. The minimum absolute atomic E-state index is 0.114. The summed E-state index contributed by atoms with van der Waals surface area (Å²) >= 11 is 0. The molecule has 0 N–H and O–H groups in total. The number of hydrogen-bond donors (Lipinski definition) is 0. The molecule has 2 aliphatic rings. The first-order valence-electron chi connectivity index (χ1n) is 10.2. The molecule has 1 unspecified atom stereocenters. The van der Waals surface area contributed by atoms with Crippen molar-refractivity contribution in [2.75, 3.05) is 26.2 Å². The molecule has 1 saturated carbocycles. The zero-order valence-corrected chi connectivity index (χ0v) is 17.3. The Bertz CT molecular complexity index is 732. The standard InChI is InChI=1S/C22H31FN2O3/c1-15-13-17(7-8-19(15)23)18(16-5-6-16)14-20(26)24-9-11-25(12-10-24)21(27)28-22(2,3)4/h7-8,13,16,18H,5-6,9-12,14H2,1-4H3. The number of amides is 2. The monoisotopic (exact) mass is 390 g/mol. The highest BCUT2D eigenvalue weighted by atomic mass is 19.1. The van der Waals surface area contributed by atoms with Crippen molar-refractivity contribution in [2.45, 2.75) is 58.5 Å². The van der Waals surface area contributed by atoms with Gasteiger partial charge in [0, 0.05) is 32.6 Å². The van der Waals surface area contributed by atoms with E-state index in [4.69, 9.17) is 4.74 Å². The van der Waals surface area contributed by atoms with E-state index in [1.165, 1.54) is 6.07 Å². The molecule has 6 heteroatoms. The summed E-state index contributed by atoms with van der Waals surface area (Å²) in [5.41, 5.74) is 1.16. The highest BCUT2D eigenvalue weighted by molar-refractivity contribution is 5.78. The lowest BCUT2D eigenvalue weighted by Gasteiger charge is -2.36. The van der Waals surface area contributed by atoms with Gasteiger partial charge in [0.15, 0.2) is 0 Å². The van der Waals surface area contributed by atoms with Gasteiger partial charge in [-0.3, -0.25) is 4.79 Å².